The van der Waals surface area contributed by atoms with Crippen LogP contribution >= 0.6 is 24.0 Å². The van der Waals surface area contributed by atoms with E-state index in [1.165, 1.54) is 26.0 Å². The first kappa shape index (κ1) is 31.9. The molecular formula is C28H30Cl2N4O4. The molecule has 2 aromatic heterocycles. The van der Waals surface area contributed by atoms with Crippen LogP contribution in [0.4, 0.5) is 11.4 Å². The standard InChI is InChI=1S/C14H14N2O2.C8H9NO2.C6H6ClN.ClH/c1-11(17)16-12-5-7-14(8-6-12)18-10-13-4-2-3-9-15-13;1-6(10)9-7-2-4-8(11)5-3-7;7-5-6-3-1-2-4-8-6;/h2-9H,10H2,1H3,(H,16,17);2-5,11H,1H3,(H,9,10);1-4H,5H2;1H. The molecule has 0 saturated carbocycles. The minimum Gasteiger partial charge on any atom is -0.508 e. The molecule has 200 valence electrons. The van der Waals surface area contributed by atoms with E-state index < -0.39 is 0 Å². The first-order valence-electron chi connectivity index (χ1n) is 11.3. The summed E-state index contributed by atoms with van der Waals surface area (Å²) in [6.45, 7) is 3.35. The summed E-state index contributed by atoms with van der Waals surface area (Å²) in [7, 11) is 0. The van der Waals surface area contributed by atoms with Gasteiger partial charge in [-0.05, 0) is 72.8 Å². The van der Waals surface area contributed by atoms with Crippen LogP contribution < -0.4 is 15.4 Å². The van der Waals surface area contributed by atoms with Crippen LogP contribution in [0.5, 0.6) is 11.5 Å². The number of benzene rings is 2. The highest BCUT2D eigenvalue weighted by Crippen LogP contribution is 2.16. The maximum absolute atomic E-state index is 10.9. The number of nitrogens with zero attached hydrogens (tertiary/aromatic N) is 2. The average Bonchev–Trinajstić information content (AvgIpc) is 2.91. The molecule has 0 aliphatic rings. The number of halogens is 2. The third-order valence-electron chi connectivity index (χ3n) is 4.34. The van der Waals surface area contributed by atoms with Gasteiger partial charge in [-0.25, -0.2) is 0 Å². The lowest BCUT2D eigenvalue weighted by atomic mass is 10.3. The SMILES string of the molecule is CC(=O)Nc1ccc(O)cc1.CC(=O)Nc1ccc(OCc2ccccn2)cc1.Cl.ClCc1ccccn1. The van der Waals surface area contributed by atoms with E-state index in [2.05, 4.69) is 20.6 Å². The molecule has 0 atom stereocenters. The summed E-state index contributed by atoms with van der Waals surface area (Å²) in [4.78, 5) is 29.5. The molecule has 2 amide bonds. The number of ether oxygens (including phenoxy) is 1. The highest BCUT2D eigenvalue weighted by Gasteiger charge is 1.98. The molecular weight excluding hydrogens is 527 g/mol. The van der Waals surface area contributed by atoms with E-state index in [9.17, 15) is 9.59 Å². The number of aromatic hydroxyl groups is 1. The maximum Gasteiger partial charge on any atom is 0.221 e. The van der Waals surface area contributed by atoms with Crippen LogP contribution in [0.1, 0.15) is 25.2 Å². The number of hydrogen-bond acceptors (Lipinski definition) is 6. The van der Waals surface area contributed by atoms with Crippen LogP contribution in [0.15, 0.2) is 97.3 Å². The van der Waals surface area contributed by atoms with E-state index in [4.69, 9.17) is 21.4 Å². The summed E-state index contributed by atoms with van der Waals surface area (Å²) in [6, 6.07) is 24.9. The molecule has 0 fully saturated rings. The number of pyridine rings is 2. The van der Waals surface area contributed by atoms with Gasteiger partial charge < -0.3 is 20.5 Å². The van der Waals surface area contributed by atoms with Gasteiger partial charge >= 0.3 is 0 Å². The van der Waals surface area contributed by atoms with Gasteiger partial charge in [-0.15, -0.1) is 24.0 Å². The van der Waals surface area contributed by atoms with Crippen molar-refractivity contribution in [1.82, 2.24) is 9.97 Å². The third-order valence-corrected chi connectivity index (χ3v) is 4.61. The maximum atomic E-state index is 10.9. The zero-order valence-corrected chi connectivity index (χ0v) is 22.6. The van der Waals surface area contributed by atoms with Crippen molar-refractivity contribution in [3.05, 3.63) is 109 Å². The molecule has 4 aromatic rings. The van der Waals surface area contributed by atoms with Crippen molar-refractivity contribution in [3.63, 3.8) is 0 Å². The summed E-state index contributed by atoms with van der Waals surface area (Å²) in [5.41, 5.74) is 3.25. The van der Waals surface area contributed by atoms with Crippen LogP contribution in [0.25, 0.3) is 0 Å². The first-order chi connectivity index (χ1) is 17.9. The van der Waals surface area contributed by atoms with E-state index in [0.717, 1.165) is 22.8 Å². The fraction of sp³-hybridized carbons (Fsp3) is 0.143. The third kappa shape index (κ3) is 13.8. The molecule has 4 rings (SSSR count). The van der Waals surface area contributed by atoms with Crippen molar-refractivity contribution < 1.29 is 19.4 Å². The highest BCUT2D eigenvalue weighted by atomic mass is 35.5. The van der Waals surface area contributed by atoms with Gasteiger partial charge in [0.2, 0.25) is 11.8 Å². The Bertz CT molecular complexity index is 1210. The van der Waals surface area contributed by atoms with Gasteiger partial charge in [0.15, 0.2) is 0 Å². The number of carbonyl (C=O) groups excluding carboxylic acids is 2. The smallest absolute Gasteiger partial charge is 0.221 e. The zero-order chi connectivity index (χ0) is 26.9. The van der Waals surface area contributed by atoms with Gasteiger partial charge in [0, 0.05) is 37.6 Å². The Balaban J connectivity index is 0.000000309. The number of carbonyl (C=O) groups is 2. The van der Waals surface area contributed by atoms with Gasteiger partial charge in [0.1, 0.15) is 18.1 Å². The van der Waals surface area contributed by atoms with Gasteiger partial charge in [-0.1, -0.05) is 12.1 Å². The highest BCUT2D eigenvalue weighted by molar-refractivity contribution is 6.16. The van der Waals surface area contributed by atoms with E-state index in [-0.39, 0.29) is 30.0 Å². The Hall–Kier alpha value is -4.14. The number of hydrogen-bond donors (Lipinski definition) is 3. The Morgan fingerprint density at radius 2 is 1.24 bits per heavy atom. The molecule has 8 nitrogen and oxygen atoms in total. The van der Waals surface area contributed by atoms with E-state index in [0.29, 0.717) is 18.2 Å². The van der Waals surface area contributed by atoms with Crippen LogP contribution in [0.3, 0.4) is 0 Å². The second-order valence-corrected chi connectivity index (χ2v) is 7.77. The largest absolute Gasteiger partial charge is 0.508 e. The monoisotopic (exact) mass is 556 g/mol. The molecule has 0 unspecified atom stereocenters. The Morgan fingerprint density at radius 1 is 0.763 bits per heavy atom. The minimum atomic E-state index is -0.115. The second-order valence-electron chi connectivity index (χ2n) is 7.50. The molecule has 38 heavy (non-hydrogen) atoms. The number of alkyl halides is 1. The number of phenols is 1. The van der Waals surface area contributed by atoms with Crippen molar-refractivity contribution in [2.45, 2.75) is 26.3 Å². The number of phenolic OH excluding ortho intramolecular Hbond substituents is 1. The number of rotatable bonds is 6. The molecule has 0 aliphatic carbocycles. The van der Waals surface area contributed by atoms with Gasteiger partial charge in [-0.3, -0.25) is 19.6 Å². The lowest BCUT2D eigenvalue weighted by Gasteiger charge is -2.07. The summed E-state index contributed by atoms with van der Waals surface area (Å²) >= 11 is 5.46. The topological polar surface area (TPSA) is 113 Å². The quantitative estimate of drug-likeness (QED) is 0.192. The molecule has 0 radical (unpaired) electrons. The second kappa shape index (κ2) is 18.2. The van der Waals surface area contributed by atoms with Crippen LogP contribution in [0, 0.1) is 0 Å². The fourth-order valence-corrected chi connectivity index (χ4v) is 2.86. The van der Waals surface area contributed by atoms with Crippen molar-refractivity contribution in [2.24, 2.45) is 0 Å². The van der Waals surface area contributed by atoms with Crippen molar-refractivity contribution in [2.75, 3.05) is 10.6 Å². The molecule has 0 spiro atoms. The number of amides is 2. The molecule has 10 heteroatoms. The van der Waals surface area contributed by atoms with Crippen molar-refractivity contribution in [3.8, 4) is 11.5 Å². The Morgan fingerprint density at radius 3 is 1.63 bits per heavy atom. The molecule has 0 bridgehead atoms. The Kier molecular flexibility index (Phi) is 15.2. The van der Waals surface area contributed by atoms with Crippen LogP contribution in [-0.4, -0.2) is 26.9 Å². The average molecular weight is 557 g/mol. The molecule has 0 saturated heterocycles. The van der Waals surface area contributed by atoms with E-state index in [1.54, 1.807) is 36.7 Å². The minimum absolute atomic E-state index is 0. The van der Waals surface area contributed by atoms with Gasteiger partial charge in [-0.2, -0.15) is 0 Å². The number of aromatic nitrogens is 2. The van der Waals surface area contributed by atoms with Crippen LogP contribution in [0.2, 0.25) is 0 Å². The Labute approximate surface area is 233 Å². The predicted molar refractivity (Wildman–Crippen MR) is 153 cm³/mol. The predicted octanol–water partition coefficient (Wildman–Crippen LogP) is 6.21. The fourth-order valence-electron chi connectivity index (χ4n) is 2.70. The molecule has 2 aromatic carbocycles. The summed E-state index contributed by atoms with van der Waals surface area (Å²) in [5, 5.41) is 14.2. The van der Waals surface area contributed by atoms with Gasteiger partial charge in [0.25, 0.3) is 0 Å². The normalized spacial score (nSPS) is 9.24. The van der Waals surface area contributed by atoms with Crippen molar-refractivity contribution in [1.29, 1.82) is 0 Å². The lowest BCUT2D eigenvalue weighted by Crippen LogP contribution is -2.05. The zero-order valence-electron chi connectivity index (χ0n) is 21.0. The molecule has 0 aliphatic heterocycles. The van der Waals surface area contributed by atoms with Gasteiger partial charge in [0.05, 0.1) is 17.3 Å². The van der Waals surface area contributed by atoms with E-state index in [1.807, 2.05) is 48.5 Å². The molecule has 2 heterocycles. The first-order valence-corrected chi connectivity index (χ1v) is 11.8. The van der Waals surface area contributed by atoms with E-state index >= 15 is 0 Å². The lowest BCUT2D eigenvalue weighted by molar-refractivity contribution is -0.115. The van der Waals surface area contributed by atoms with Crippen molar-refractivity contribution >= 4 is 47.2 Å². The number of nitrogens with one attached hydrogen (secondary N) is 2. The molecule has 3 N–H and O–H groups in total. The summed E-state index contributed by atoms with van der Waals surface area (Å²) in [6.07, 6.45) is 3.47. The van der Waals surface area contributed by atoms with Crippen LogP contribution in [-0.2, 0) is 22.1 Å². The summed E-state index contributed by atoms with van der Waals surface area (Å²) < 4.78 is 5.58. The summed E-state index contributed by atoms with van der Waals surface area (Å²) in [5.74, 6) is 1.24. The number of anilines is 2.